The fraction of sp³-hybridized carbons (Fsp3) is 0.250. The number of rotatable bonds is 5. The van der Waals surface area contributed by atoms with Crippen LogP contribution in [0.1, 0.15) is 16.9 Å². The second-order valence-corrected chi connectivity index (χ2v) is 6.16. The van der Waals surface area contributed by atoms with Crippen molar-refractivity contribution in [1.82, 2.24) is 15.5 Å². The minimum absolute atomic E-state index is 0.0841. The number of benzene rings is 1. The van der Waals surface area contributed by atoms with Crippen LogP contribution < -0.4 is 16.0 Å². The molecule has 1 heterocycles. The van der Waals surface area contributed by atoms with Gasteiger partial charge in [0.1, 0.15) is 0 Å². The molecule has 0 saturated carbocycles. The van der Waals surface area contributed by atoms with Crippen molar-refractivity contribution in [2.24, 2.45) is 5.14 Å². The van der Waals surface area contributed by atoms with Crippen LogP contribution in [0.5, 0.6) is 0 Å². The lowest BCUT2D eigenvalue weighted by molar-refractivity contribution is 0.0949. The number of H-pyrrole nitrogens is 1. The van der Waals surface area contributed by atoms with Crippen molar-refractivity contribution in [2.75, 3.05) is 12.3 Å². The standard InChI is InChI=1S/C12H14N4O4S/c13-21(19,20)7-3-6-14-12(18)10-8-4-1-2-5-9(8)11(17)16-15-10/h1-2,4-5H,3,6-7H2,(H,14,18)(H,16,17)(H2,13,19,20). The highest BCUT2D eigenvalue weighted by atomic mass is 32.2. The summed E-state index contributed by atoms with van der Waals surface area (Å²) < 4.78 is 21.5. The van der Waals surface area contributed by atoms with Crippen molar-refractivity contribution in [3.63, 3.8) is 0 Å². The van der Waals surface area contributed by atoms with Crippen LogP contribution in [0.15, 0.2) is 29.1 Å². The molecule has 21 heavy (non-hydrogen) atoms. The molecule has 1 aromatic heterocycles. The van der Waals surface area contributed by atoms with Gasteiger partial charge in [-0.15, -0.1) is 0 Å². The molecule has 4 N–H and O–H groups in total. The van der Waals surface area contributed by atoms with E-state index in [2.05, 4.69) is 15.5 Å². The van der Waals surface area contributed by atoms with Gasteiger partial charge in [-0.05, 0) is 12.5 Å². The fourth-order valence-electron chi connectivity index (χ4n) is 1.85. The maximum Gasteiger partial charge on any atom is 0.272 e. The van der Waals surface area contributed by atoms with E-state index in [0.717, 1.165) is 0 Å². The zero-order valence-corrected chi connectivity index (χ0v) is 11.8. The highest BCUT2D eigenvalue weighted by Gasteiger charge is 2.13. The summed E-state index contributed by atoms with van der Waals surface area (Å²) in [5, 5.41) is 14.2. The summed E-state index contributed by atoms with van der Waals surface area (Å²) in [4.78, 5) is 23.6. The third kappa shape index (κ3) is 3.86. The first-order valence-electron chi connectivity index (χ1n) is 6.14. The van der Waals surface area contributed by atoms with Gasteiger partial charge in [0.2, 0.25) is 10.0 Å². The number of hydrogen-bond acceptors (Lipinski definition) is 5. The Hall–Kier alpha value is -2.26. The highest BCUT2D eigenvalue weighted by Crippen LogP contribution is 2.11. The number of hydrogen-bond donors (Lipinski definition) is 3. The van der Waals surface area contributed by atoms with E-state index < -0.39 is 15.9 Å². The molecule has 0 unspecified atom stereocenters. The molecule has 0 radical (unpaired) electrons. The Balaban J connectivity index is 2.14. The number of sulfonamides is 1. The summed E-state index contributed by atoms with van der Waals surface area (Å²) in [5.41, 5.74) is -0.294. The van der Waals surface area contributed by atoms with Crippen LogP contribution in [0.4, 0.5) is 0 Å². The van der Waals surface area contributed by atoms with Crippen molar-refractivity contribution < 1.29 is 13.2 Å². The number of nitrogens with one attached hydrogen (secondary N) is 2. The van der Waals surface area contributed by atoms with Gasteiger partial charge in [0.15, 0.2) is 5.69 Å². The molecular formula is C12H14N4O4S. The van der Waals surface area contributed by atoms with Gasteiger partial charge < -0.3 is 5.32 Å². The zero-order valence-electron chi connectivity index (χ0n) is 11.0. The number of nitrogens with zero attached hydrogens (tertiary/aromatic N) is 1. The largest absolute Gasteiger partial charge is 0.351 e. The lowest BCUT2D eigenvalue weighted by atomic mass is 10.1. The van der Waals surface area contributed by atoms with Gasteiger partial charge in [0, 0.05) is 11.9 Å². The van der Waals surface area contributed by atoms with Crippen LogP contribution in [-0.2, 0) is 10.0 Å². The lowest BCUT2D eigenvalue weighted by Crippen LogP contribution is -2.29. The second kappa shape index (κ2) is 6.02. The number of fused-ring (bicyclic) bond motifs is 1. The van der Waals surface area contributed by atoms with Gasteiger partial charge in [0.25, 0.3) is 11.5 Å². The van der Waals surface area contributed by atoms with Crippen LogP contribution >= 0.6 is 0 Å². The normalized spacial score (nSPS) is 11.5. The van der Waals surface area contributed by atoms with E-state index in [0.29, 0.717) is 10.8 Å². The molecule has 0 aliphatic carbocycles. The van der Waals surface area contributed by atoms with Gasteiger partial charge in [-0.3, -0.25) is 9.59 Å². The first-order valence-corrected chi connectivity index (χ1v) is 7.86. The number of amides is 1. The summed E-state index contributed by atoms with van der Waals surface area (Å²) in [6.07, 6.45) is 0.200. The van der Waals surface area contributed by atoms with E-state index in [9.17, 15) is 18.0 Å². The molecular weight excluding hydrogens is 296 g/mol. The third-order valence-electron chi connectivity index (χ3n) is 2.80. The molecule has 8 nitrogen and oxygen atoms in total. The van der Waals surface area contributed by atoms with E-state index in [1.807, 2.05) is 0 Å². The van der Waals surface area contributed by atoms with Gasteiger partial charge >= 0.3 is 0 Å². The van der Waals surface area contributed by atoms with E-state index in [-0.39, 0.29) is 30.0 Å². The van der Waals surface area contributed by atoms with Crippen LogP contribution in [0.25, 0.3) is 10.8 Å². The van der Waals surface area contributed by atoms with Crippen LogP contribution in [0, 0.1) is 0 Å². The molecule has 112 valence electrons. The molecule has 9 heteroatoms. The maximum atomic E-state index is 12.0. The smallest absolute Gasteiger partial charge is 0.272 e. The lowest BCUT2D eigenvalue weighted by Gasteiger charge is -2.06. The maximum absolute atomic E-state index is 12.0. The number of aromatic amines is 1. The molecule has 0 aliphatic heterocycles. The zero-order chi connectivity index (χ0) is 15.5. The van der Waals surface area contributed by atoms with Gasteiger partial charge in [-0.1, -0.05) is 18.2 Å². The molecule has 1 amide bonds. The Labute approximate surface area is 120 Å². The fourth-order valence-corrected chi connectivity index (χ4v) is 2.39. The topological polar surface area (TPSA) is 135 Å². The molecule has 0 atom stereocenters. The molecule has 2 aromatic rings. The molecule has 2 rings (SSSR count). The van der Waals surface area contributed by atoms with Crippen LogP contribution in [0.3, 0.4) is 0 Å². The quantitative estimate of drug-likeness (QED) is 0.629. The van der Waals surface area contributed by atoms with Gasteiger partial charge in [-0.25, -0.2) is 18.7 Å². The molecule has 0 bridgehead atoms. The van der Waals surface area contributed by atoms with E-state index in [4.69, 9.17) is 5.14 Å². The van der Waals surface area contributed by atoms with Crippen molar-refractivity contribution in [3.05, 3.63) is 40.3 Å². The Bertz CT molecular complexity index is 829. The first kappa shape index (κ1) is 15.1. The van der Waals surface area contributed by atoms with E-state index in [1.165, 1.54) is 0 Å². The number of carbonyl (C=O) groups is 1. The molecule has 0 fully saturated rings. The molecule has 0 saturated heterocycles. The predicted molar refractivity (Wildman–Crippen MR) is 77.3 cm³/mol. The van der Waals surface area contributed by atoms with Crippen molar-refractivity contribution in [1.29, 1.82) is 0 Å². The average molecular weight is 310 g/mol. The second-order valence-electron chi connectivity index (χ2n) is 4.42. The Morgan fingerprint density at radius 3 is 2.62 bits per heavy atom. The van der Waals surface area contributed by atoms with Crippen LogP contribution in [-0.4, -0.2) is 36.8 Å². The summed E-state index contributed by atoms with van der Waals surface area (Å²) in [5.74, 6) is -0.704. The summed E-state index contributed by atoms with van der Waals surface area (Å²) in [6, 6.07) is 6.59. The monoisotopic (exact) mass is 310 g/mol. The molecule has 1 aromatic carbocycles. The first-order chi connectivity index (χ1) is 9.88. The predicted octanol–water partition coefficient (Wildman–Crippen LogP) is -0.668. The average Bonchev–Trinajstić information content (AvgIpc) is 2.43. The Kier molecular flexibility index (Phi) is 4.34. The van der Waals surface area contributed by atoms with Crippen molar-refractivity contribution in [2.45, 2.75) is 6.42 Å². The molecule has 0 spiro atoms. The minimum Gasteiger partial charge on any atom is -0.351 e. The van der Waals surface area contributed by atoms with E-state index >= 15 is 0 Å². The van der Waals surface area contributed by atoms with Crippen LogP contribution in [0.2, 0.25) is 0 Å². The number of nitrogens with two attached hydrogens (primary N) is 1. The SMILES string of the molecule is NS(=O)(=O)CCCNC(=O)c1n[nH]c(=O)c2ccccc12. The third-order valence-corrected chi connectivity index (χ3v) is 3.66. The summed E-state index contributed by atoms with van der Waals surface area (Å²) in [7, 11) is -3.54. The number of aromatic nitrogens is 2. The summed E-state index contributed by atoms with van der Waals surface area (Å²) >= 11 is 0. The van der Waals surface area contributed by atoms with E-state index in [1.54, 1.807) is 24.3 Å². The van der Waals surface area contributed by atoms with Gasteiger partial charge in [-0.2, -0.15) is 5.10 Å². The van der Waals surface area contributed by atoms with Crippen molar-refractivity contribution in [3.8, 4) is 0 Å². The summed E-state index contributed by atoms with van der Waals surface area (Å²) in [6.45, 7) is 0.143. The minimum atomic E-state index is -3.54. The van der Waals surface area contributed by atoms with Crippen molar-refractivity contribution >= 4 is 26.7 Å². The Morgan fingerprint density at radius 2 is 1.95 bits per heavy atom. The van der Waals surface area contributed by atoms with Gasteiger partial charge in [0.05, 0.1) is 11.1 Å². The Morgan fingerprint density at radius 1 is 1.29 bits per heavy atom. The number of primary sulfonamides is 1. The molecule has 0 aliphatic rings. The highest BCUT2D eigenvalue weighted by molar-refractivity contribution is 7.89. The number of carbonyl (C=O) groups excluding carboxylic acids is 1.